The van der Waals surface area contributed by atoms with Crippen molar-refractivity contribution in [2.24, 2.45) is 0 Å². The third kappa shape index (κ3) is 4.02. The van der Waals surface area contributed by atoms with Crippen molar-refractivity contribution in [1.29, 1.82) is 0 Å². The number of ketones is 1. The Hall–Kier alpha value is -1.51. The van der Waals surface area contributed by atoms with E-state index < -0.39 is 0 Å². The van der Waals surface area contributed by atoms with Gasteiger partial charge in [0, 0.05) is 13.0 Å². The van der Waals surface area contributed by atoms with Crippen LogP contribution in [0.1, 0.15) is 20.3 Å². The molecule has 0 bridgehead atoms. The van der Waals surface area contributed by atoms with Crippen molar-refractivity contribution >= 4 is 11.5 Å². The summed E-state index contributed by atoms with van der Waals surface area (Å²) in [5.74, 6) is 1.03. The Balaban J connectivity index is 2.55. The van der Waals surface area contributed by atoms with Crippen LogP contribution in [0.25, 0.3) is 0 Å². The maximum atomic E-state index is 10.8. The molecule has 0 heterocycles. The molecule has 1 aromatic carbocycles. The summed E-state index contributed by atoms with van der Waals surface area (Å²) in [6.45, 7) is 4.84. The summed E-state index contributed by atoms with van der Waals surface area (Å²) in [7, 11) is 0. The normalized spacial score (nSPS) is 9.73. The zero-order valence-electron chi connectivity index (χ0n) is 9.25. The van der Waals surface area contributed by atoms with Crippen LogP contribution in [0.2, 0.25) is 0 Å². The summed E-state index contributed by atoms with van der Waals surface area (Å²) < 4.78 is 5.45. The van der Waals surface area contributed by atoms with Gasteiger partial charge in [-0.05, 0) is 26.0 Å². The molecule has 1 rings (SSSR count). The van der Waals surface area contributed by atoms with Crippen molar-refractivity contribution in [2.75, 3.05) is 18.5 Å². The highest BCUT2D eigenvalue weighted by molar-refractivity contribution is 5.76. The Morgan fingerprint density at radius 2 is 2.13 bits per heavy atom. The van der Waals surface area contributed by atoms with Gasteiger partial charge in [0.15, 0.2) is 0 Å². The van der Waals surface area contributed by atoms with E-state index in [1.54, 1.807) is 6.92 Å². The van der Waals surface area contributed by atoms with Crippen molar-refractivity contribution in [3.63, 3.8) is 0 Å². The van der Waals surface area contributed by atoms with Gasteiger partial charge in [0.2, 0.25) is 0 Å². The molecule has 0 amide bonds. The third-order valence-corrected chi connectivity index (χ3v) is 1.98. The molecule has 0 saturated heterocycles. The highest BCUT2D eigenvalue weighted by atomic mass is 16.5. The lowest BCUT2D eigenvalue weighted by Crippen LogP contribution is -2.07. The Kier molecular flexibility index (Phi) is 4.68. The van der Waals surface area contributed by atoms with Crippen LogP contribution in [-0.2, 0) is 4.79 Å². The molecule has 0 aromatic heterocycles. The molecule has 3 nitrogen and oxygen atoms in total. The van der Waals surface area contributed by atoms with E-state index >= 15 is 0 Å². The number of carbonyl (C=O) groups is 1. The first kappa shape index (κ1) is 11.6. The number of Topliss-reactive ketones (excluding diaryl/α,β-unsaturated/α-hetero) is 1. The van der Waals surface area contributed by atoms with Gasteiger partial charge in [0.05, 0.1) is 12.3 Å². The Morgan fingerprint density at radius 3 is 2.80 bits per heavy atom. The second kappa shape index (κ2) is 6.06. The molecule has 0 radical (unpaired) electrons. The quantitative estimate of drug-likeness (QED) is 0.778. The van der Waals surface area contributed by atoms with Gasteiger partial charge in [-0.2, -0.15) is 0 Å². The van der Waals surface area contributed by atoms with Gasteiger partial charge in [-0.3, -0.25) is 4.79 Å². The van der Waals surface area contributed by atoms with Crippen LogP contribution in [0.4, 0.5) is 5.69 Å². The maximum Gasteiger partial charge on any atom is 0.142 e. The maximum absolute atomic E-state index is 10.8. The Labute approximate surface area is 90.4 Å². The van der Waals surface area contributed by atoms with Crippen molar-refractivity contribution in [3.05, 3.63) is 24.3 Å². The molecule has 0 aliphatic heterocycles. The summed E-state index contributed by atoms with van der Waals surface area (Å²) in [5.41, 5.74) is 0.945. The topological polar surface area (TPSA) is 38.3 Å². The van der Waals surface area contributed by atoms with E-state index in [0.717, 1.165) is 11.4 Å². The summed E-state index contributed by atoms with van der Waals surface area (Å²) in [6, 6.07) is 7.74. The van der Waals surface area contributed by atoms with Crippen LogP contribution in [0.15, 0.2) is 24.3 Å². The van der Waals surface area contributed by atoms with E-state index in [0.29, 0.717) is 19.6 Å². The van der Waals surface area contributed by atoms with E-state index in [1.807, 2.05) is 31.2 Å². The van der Waals surface area contributed by atoms with Gasteiger partial charge in [0.1, 0.15) is 11.5 Å². The molecule has 0 saturated carbocycles. The number of para-hydroxylation sites is 2. The van der Waals surface area contributed by atoms with Crippen LogP contribution in [-0.4, -0.2) is 18.9 Å². The van der Waals surface area contributed by atoms with E-state index in [4.69, 9.17) is 4.74 Å². The Bertz CT molecular complexity index is 323. The molecule has 15 heavy (non-hydrogen) atoms. The van der Waals surface area contributed by atoms with Crippen molar-refractivity contribution < 1.29 is 9.53 Å². The minimum absolute atomic E-state index is 0.191. The van der Waals surface area contributed by atoms with Crippen LogP contribution in [0, 0.1) is 0 Å². The second-order valence-corrected chi connectivity index (χ2v) is 3.31. The standard InChI is InChI=1S/C12H17NO2/c1-3-15-12-7-5-4-6-11(12)13-9-8-10(2)14/h4-7,13H,3,8-9H2,1-2H3. The molecule has 0 aliphatic carbocycles. The lowest BCUT2D eigenvalue weighted by molar-refractivity contribution is -0.116. The molecule has 0 aliphatic rings. The number of nitrogens with one attached hydrogen (secondary N) is 1. The first-order valence-electron chi connectivity index (χ1n) is 5.19. The fourth-order valence-corrected chi connectivity index (χ4v) is 1.27. The van der Waals surface area contributed by atoms with Gasteiger partial charge in [0.25, 0.3) is 0 Å². The third-order valence-electron chi connectivity index (χ3n) is 1.98. The molecule has 0 spiro atoms. The summed E-state index contributed by atoms with van der Waals surface area (Å²) in [6.07, 6.45) is 0.542. The molecule has 0 unspecified atom stereocenters. The van der Waals surface area contributed by atoms with Crippen molar-refractivity contribution in [1.82, 2.24) is 0 Å². The van der Waals surface area contributed by atoms with Crippen molar-refractivity contribution in [2.45, 2.75) is 20.3 Å². The zero-order valence-corrected chi connectivity index (χ0v) is 9.25. The first-order valence-corrected chi connectivity index (χ1v) is 5.19. The molecule has 1 N–H and O–H groups in total. The minimum atomic E-state index is 0.191. The number of anilines is 1. The largest absolute Gasteiger partial charge is 0.492 e. The van der Waals surface area contributed by atoms with Gasteiger partial charge < -0.3 is 10.1 Å². The van der Waals surface area contributed by atoms with E-state index in [9.17, 15) is 4.79 Å². The molecule has 0 atom stereocenters. The minimum Gasteiger partial charge on any atom is -0.492 e. The number of ether oxygens (including phenoxy) is 1. The number of carbonyl (C=O) groups excluding carboxylic acids is 1. The molecule has 82 valence electrons. The Morgan fingerprint density at radius 1 is 1.40 bits per heavy atom. The van der Waals surface area contributed by atoms with Gasteiger partial charge >= 0.3 is 0 Å². The molecular weight excluding hydrogens is 190 g/mol. The second-order valence-electron chi connectivity index (χ2n) is 3.31. The SMILES string of the molecule is CCOc1ccccc1NCCC(C)=O. The molecule has 3 heteroatoms. The van der Waals surface area contributed by atoms with Crippen LogP contribution in [0.3, 0.4) is 0 Å². The first-order chi connectivity index (χ1) is 7.24. The van der Waals surface area contributed by atoms with Crippen LogP contribution < -0.4 is 10.1 Å². The lowest BCUT2D eigenvalue weighted by Gasteiger charge is -2.11. The average molecular weight is 207 g/mol. The zero-order chi connectivity index (χ0) is 11.1. The highest BCUT2D eigenvalue weighted by Crippen LogP contribution is 2.23. The monoisotopic (exact) mass is 207 g/mol. The number of benzene rings is 1. The highest BCUT2D eigenvalue weighted by Gasteiger charge is 2.01. The van der Waals surface area contributed by atoms with Gasteiger partial charge in [-0.25, -0.2) is 0 Å². The van der Waals surface area contributed by atoms with E-state index in [1.165, 1.54) is 0 Å². The lowest BCUT2D eigenvalue weighted by atomic mass is 10.2. The van der Waals surface area contributed by atoms with Crippen LogP contribution >= 0.6 is 0 Å². The van der Waals surface area contributed by atoms with Crippen LogP contribution in [0.5, 0.6) is 5.75 Å². The summed E-state index contributed by atoms with van der Waals surface area (Å²) >= 11 is 0. The fraction of sp³-hybridized carbons (Fsp3) is 0.417. The molecule has 1 aromatic rings. The average Bonchev–Trinajstić information content (AvgIpc) is 2.20. The molecular formula is C12H17NO2. The molecule has 0 fully saturated rings. The van der Waals surface area contributed by atoms with E-state index in [-0.39, 0.29) is 5.78 Å². The predicted octanol–water partition coefficient (Wildman–Crippen LogP) is 2.48. The number of hydrogen-bond donors (Lipinski definition) is 1. The smallest absolute Gasteiger partial charge is 0.142 e. The number of hydrogen-bond acceptors (Lipinski definition) is 3. The summed E-state index contributed by atoms with van der Waals surface area (Å²) in [4.78, 5) is 10.8. The van der Waals surface area contributed by atoms with Gasteiger partial charge in [-0.1, -0.05) is 12.1 Å². The fourth-order valence-electron chi connectivity index (χ4n) is 1.27. The predicted molar refractivity (Wildman–Crippen MR) is 61.4 cm³/mol. The van der Waals surface area contributed by atoms with E-state index in [2.05, 4.69) is 5.32 Å². The van der Waals surface area contributed by atoms with Crippen molar-refractivity contribution in [3.8, 4) is 5.75 Å². The van der Waals surface area contributed by atoms with Gasteiger partial charge in [-0.15, -0.1) is 0 Å². The summed E-state index contributed by atoms with van der Waals surface area (Å²) in [5, 5.41) is 3.18. The number of rotatable bonds is 6.